The second-order valence-corrected chi connectivity index (χ2v) is 10.2. The summed E-state index contributed by atoms with van der Waals surface area (Å²) in [5.74, 6) is 1.24. The highest BCUT2D eigenvalue weighted by Crippen LogP contribution is 2.39. The first-order valence-corrected chi connectivity index (χ1v) is 12.5. The van der Waals surface area contributed by atoms with Gasteiger partial charge in [0.1, 0.15) is 12.4 Å². The highest BCUT2D eigenvalue weighted by atomic mass is 79.9. The maximum atomic E-state index is 9.99. The summed E-state index contributed by atoms with van der Waals surface area (Å²) in [7, 11) is 0. The molecule has 1 atom stereocenters. The molecular weight excluding hydrogens is 458 g/mol. The van der Waals surface area contributed by atoms with Crippen LogP contribution in [0.1, 0.15) is 31.6 Å². The fraction of sp³-hybridized carbons (Fsp3) is 0.542. The van der Waals surface area contributed by atoms with E-state index in [2.05, 4.69) is 63.2 Å². The van der Waals surface area contributed by atoms with Gasteiger partial charge in [-0.3, -0.25) is 4.90 Å². The van der Waals surface area contributed by atoms with Crippen LogP contribution in [0.25, 0.3) is 0 Å². The Kier molecular flexibility index (Phi) is 8.76. The van der Waals surface area contributed by atoms with E-state index in [9.17, 15) is 5.26 Å². The zero-order chi connectivity index (χ0) is 21.4. The van der Waals surface area contributed by atoms with Crippen molar-refractivity contribution in [3.8, 4) is 11.8 Å². The Morgan fingerprint density at radius 3 is 2.47 bits per heavy atom. The third-order valence-corrected chi connectivity index (χ3v) is 7.67. The lowest BCUT2D eigenvalue weighted by Crippen LogP contribution is -2.47. The van der Waals surface area contributed by atoms with E-state index >= 15 is 0 Å². The maximum Gasteiger partial charge on any atom is 0.120 e. The third-order valence-electron chi connectivity index (χ3n) is 6.13. The second-order valence-electron chi connectivity index (χ2n) is 8.31. The molecular formula is C24H32BrN3OS. The number of thiophene rings is 1. The first-order chi connectivity index (χ1) is 14.5. The van der Waals surface area contributed by atoms with Gasteiger partial charge < -0.3 is 9.64 Å². The normalized spacial score (nSPS) is 17.6. The van der Waals surface area contributed by atoms with Crippen LogP contribution in [-0.4, -0.2) is 55.7 Å². The van der Waals surface area contributed by atoms with E-state index < -0.39 is 0 Å². The SMILES string of the molecule is CC(C)C(C#N)(CCCN1CCN(CCOc2cccc(Br)c2)CC1)c1cccs1. The number of hydrogen-bond donors (Lipinski definition) is 0. The van der Waals surface area contributed by atoms with Gasteiger partial charge in [0, 0.05) is 42.1 Å². The van der Waals surface area contributed by atoms with E-state index in [-0.39, 0.29) is 5.41 Å². The van der Waals surface area contributed by atoms with E-state index in [0.29, 0.717) is 5.92 Å². The number of benzene rings is 1. The molecule has 1 fully saturated rings. The Bertz CT molecular complexity index is 812. The average Bonchev–Trinajstić information content (AvgIpc) is 3.27. The van der Waals surface area contributed by atoms with Crippen LogP contribution in [0.15, 0.2) is 46.3 Å². The van der Waals surface area contributed by atoms with Gasteiger partial charge in [0.2, 0.25) is 0 Å². The molecule has 162 valence electrons. The van der Waals surface area contributed by atoms with Crippen molar-refractivity contribution in [1.82, 2.24) is 9.80 Å². The number of rotatable bonds is 10. The van der Waals surface area contributed by atoms with Gasteiger partial charge in [-0.2, -0.15) is 5.26 Å². The summed E-state index contributed by atoms with van der Waals surface area (Å²) in [6.45, 7) is 11.5. The van der Waals surface area contributed by atoms with E-state index in [0.717, 1.165) is 68.9 Å². The fourth-order valence-electron chi connectivity index (χ4n) is 4.14. The summed E-state index contributed by atoms with van der Waals surface area (Å²) in [5.41, 5.74) is -0.347. The van der Waals surface area contributed by atoms with Crippen molar-refractivity contribution in [3.05, 3.63) is 51.1 Å². The van der Waals surface area contributed by atoms with Crippen LogP contribution in [-0.2, 0) is 5.41 Å². The molecule has 1 aliphatic heterocycles. The maximum absolute atomic E-state index is 9.99. The Morgan fingerprint density at radius 2 is 1.87 bits per heavy atom. The van der Waals surface area contributed by atoms with Crippen LogP contribution >= 0.6 is 27.3 Å². The molecule has 0 bridgehead atoms. The molecule has 2 aromatic rings. The van der Waals surface area contributed by atoms with Gasteiger partial charge in [0.25, 0.3) is 0 Å². The van der Waals surface area contributed by atoms with Crippen molar-refractivity contribution in [2.24, 2.45) is 5.92 Å². The van der Waals surface area contributed by atoms with Gasteiger partial charge >= 0.3 is 0 Å². The molecule has 0 radical (unpaired) electrons. The number of ether oxygens (including phenoxy) is 1. The summed E-state index contributed by atoms with van der Waals surface area (Å²) in [6.07, 6.45) is 2.00. The molecule has 0 amide bonds. The van der Waals surface area contributed by atoms with E-state index in [4.69, 9.17) is 4.74 Å². The molecule has 2 heterocycles. The Balaban J connectivity index is 1.38. The molecule has 1 aliphatic rings. The van der Waals surface area contributed by atoms with Crippen LogP contribution in [0, 0.1) is 17.2 Å². The van der Waals surface area contributed by atoms with E-state index in [1.807, 2.05) is 24.3 Å². The molecule has 4 nitrogen and oxygen atoms in total. The van der Waals surface area contributed by atoms with Crippen LogP contribution in [0.5, 0.6) is 5.75 Å². The molecule has 3 rings (SSSR count). The minimum Gasteiger partial charge on any atom is -0.492 e. The fourth-order valence-corrected chi connectivity index (χ4v) is 5.57. The molecule has 1 aromatic carbocycles. The molecule has 0 spiro atoms. The van der Waals surface area contributed by atoms with Crippen molar-refractivity contribution >= 4 is 27.3 Å². The first-order valence-electron chi connectivity index (χ1n) is 10.8. The van der Waals surface area contributed by atoms with Crippen LogP contribution < -0.4 is 4.74 Å². The van der Waals surface area contributed by atoms with Crippen molar-refractivity contribution in [1.29, 1.82) is 5.26 Å². The highest BCUT2D eigenvalue weighted by Gasteiger charge is 2.36. The van der Waals surface area contributed by atoms with Gasteiger partial charge in [-0.1, -0.05) is 41.9 Å². The Labute approximate surface area is 193 Å². The van der Waals surface area contributed by atoms with Crippen LogP contribution in [0.3, 0.4) is 0 Å². The summed E-state index contributed by atoms with van der Waals surface area (Å²) in [4.78, 5) is 6.24. The first kappa shape index (κ1) is 23.3. The van der Waals surface area contributed by atoms with E-state index in [1.165, 1.54) is 4.88 Å². The molecule has 0 saturated carbocycles. The number of piperazine rings is 1. The van der Waals surface area contributed by atoms with Gasteiger partial charge in [-0.25, -0.2) is 0 Å². The van der Waals surface area contributed by atoms with Crippen molar-refractivity contribution in [2.75, 3.05) is 45.9 Å². The van der Waals surface area contributed by atoms with Gasteiger partial charge in [-0.15, -0.1) is 11.3 Å². The lowest BCUT2D eigenvalue weighted by molar-refractivity contribution is 0.114. The zero-order valence-electron chi connectivity index (χ0n) is 18.0. The molecule has 0 aliphatic carbocycles. The van der Waals surface area contributed by atoms with Crippen molar-refractivity contribution in [2.45, 2.75) is 32.1 Å². The molecule has 30 heavy (non-hydrogen) atoms. The minimum absolute atomic E-state index is 0.322. The predicted octanol–water partition coefficient (Wildman–Crippen LogP) is 5.40. The number of nitrogens with zero attached hydrogens (tertiary/aromatic N) is 3. The number of nitriles is 1. The van der Waals surface area contributed by atoms with Crippen LogP contribution in [0.4, 0.5) is 0 Å². The average molecular weight is 491 g/mol. The summed E-state index contributed by atoms with van der Waals surface area (Å²) >= 11 is 5.20. The quantitative estimate of drug-likeness (QED) is 0.447. The lowest BCUT2D eigenvalue weighted by Gasteiger charge is -2.35. The number of halogens is 1. The summed E-state index contributed by atoms with van der Waals surface area (Å²) < 4.78 is 6.92. The largest absolute Gasteiger partial charge is 0.492 e. The highest BCUT2D eigenvalue weighted by molar-refractivity contribution is 9.10. The minimum atomic E-state index is -0.347. The second kappa shape index (κ2) is 11.3. The molecule has 0 N–H and O–H groups in total. The Morgan fingerprint density at radius 1 is 1.13 bits per heavy atom. The molecule has 1 saturated heterocycles. The van der Waals surface area contributed by atoms with E-state index in [1.54, 1.807) is 11.3 Å². The topological polar surface area (TPSA) is 39.5 Å². The number of hydrogen-bond acceptors (Lipinski definition) is 5. The lowest BCUT2D eigenvalue weighted by atomic mass is 9.73. The zero-order valence-corrected chi connectivity index (χ0v) is 20.4. The van der Waals surface area contributed by atoms with Crippen molar-refractivity contribution < 1.29 is 4.74 Å². The molecule has 6 heteroatoms. The van der Waals surface area contributed by atoms with Gasteiger partial charge in [-0.05, 0) is 54.9 Å². The monoisotopic (exact) mass is 489 g/mol. The van der Waals surface area contributed by atoms with Crippen LogP contribution in [0.2, 0.25) is 0 Å². The van der Waals surface area contributed by atoms with Crippen molar-refractivity contribution in [3.63, 3.8) is 0 Å². The predicted molar refractivity (Wildman–Crippen MR) is 128 cm³/mol. The third kappa shape index (κ3) is 6.07. The van der Waals surface area contributed by atoms with Gasteiger partial charge in [0.05, 0.1) is 11.5 Å². The Hall–Kier alpha value is -1.39. The molecule has 1 unspecified atom stereocenters. The smallest absolute Gasteiger partial charge is 0.120 e. The standard InChI is InChI=1S/C24H32BrN3OS/c1-20(2)24(19-26,23-8-4-17-30-23)9-5-10-27-11-13-28(14-12-27)15-16-29-22-7-3-6-21(25)18-22/h3-4,6-8,17-18,20H,5,9-16H2,1-2H3. The van der Waals surface area contributed by atoms with Gasteiger partial charge in [0.15, 0.2) is 0 Å². The summed E-state index contributed by atoms with van der Waals surface area (Å²) in [5, 5.41) is 12.1. The summed E-state index contributed by atoms with van der Waals surface area (Å²) in [6, 6.07) is 14.9. The molecule has 1 aromatic heterocycles.